The van der Waals surface area contributed by atoms with Gasteiger partial charge < -0.3 is 10.3 Å². The maximum absolute atomic E-state index is 12.3. The third kappa shape index (κ3) is 4.30. The van der Waals surface area contributed by atoms with E-state index in [2.05, 4.69) is 43.2 Å². The van der Waals surface area contributed by atoms with E-state index in [1.54, 1.807) is 12.1 Å². The number of aromatic amines is 1. The highest BCUT2D eigenvalue weighted by molar-refractivity contribution is 5.94. The van der Waals surface area contributed by atoms with Crippen LogP contribution in [-0.4, -0.2) is 22.7 Å². The van der Waals surface area contributed by atoms with E-state index in [1.165, 1.54) is 12.5 Å². The third-order valence-electron chi connectivity index (χ3n) is 5.04. The van der Waals surface area contributed by atoms with E-state index < -0.39 is 5.56 Å². The van der Waals surface area contributed by atoms with E-state index >= 15 is 0 Å². The standard InChI is InChI=1S/C23H26N2O3/c1-14(26)18-10-11-20(25-22(18)28)19(13-17-9-12-21(27)24-17)15-5-7-16(8-6-15)23(2,3)4/h5-8,10-11,13,17H,9,12H2,1-4H3,(H,24,27)(H,25,28)/b19-13+/t17-/m1/s1. The van der Waals surface area contributed by atoms with Crippen LogP contribution in [0.3, 0.4) is 0 Å². The normalized spacial score (nSPS) is 17.5. The van der Waals surface area contributed by atoms with Crippen LogP contribution in [0.5, 0.6) is 0 Å². The molecule has 1 aliphatic heterocycles. The average Bonchev–Trinajstić information content (AvgIpc) is 3.03. The molecule has 1 aliphatic rings. The van der Waals surface area contributed by atoms with Crippen LogP contribution in [0.1, 0.15) is 67.7 Å². The van der Waals surface area contributed by atoms with Crippen LogP contribution in [-0.2, 0) is 10.2 Å². The lowest BCUT2D eigenvalue weighted by molar-refractivity contribution is -0.119. The molecular formula is C23H26N2O3. The smallest absolute Gasteiger partial charge is 0.259 e. The second-order valence-corrected chi connectivity index (χ2v) is 8.29. The molecule has 1 aromatic heterocycles. The first-order chi connectivity index (χ1) is 13.1. The number of ketones is 1. The van der Waals surface area contributed by atoms with Gasteiger partial charge in [-0.25, -0.2) is 0 Å². The van der Waals surface area contributed by atoms with E-state index in [-0.39, 0.29) is 28.7 Å². The molecule has 146 valence electrons. The van der Waals surface area contributed by atoms with Gasteiger partial charge in [0.15, 0.2) is 5.78 Å². The van der Waals surface area contributed by atoms with Crippen molar-refractivity contribution in [3.63, 3.8) is 0 Å². The van der Waals surface area contributed by atoms with Gasteiger partial charge in [-0.15, -0.1) is 0 Å². The van der Waals surface area contributed by atoms with Crippen molar-refractivity contribution in [2.75, 3.05) is 0 Å². The fraction of sp³-hybridized carbons (Fsp3) is 0.348. The zero-order valence-corrected chi connectivity index (χ0v) is 16.8. The van der Waals surface area contributed by atoms with Crippen LogP contribution in [0.15, 0.2) is 47.3 Å². The number of pyridine rings is 1. The third-order valence-corrected chi connectivity index (χ3v) is 5.04. The van der Waals surface area contributed by atoms with Crippen LogP contribution in [0.2, 0.25) is 0 Å². The van der Waals surface area contributed by atoms with Crippen molar-refractivity contribution >= 4 is 17.3 Å². The minimum Gasteiger partial charge on any atom is -0.350 e. The first-order valence-electron chi connectivity index (χ1n) is 9.52. The maximum atomic E-state index is 12.3. The summed E-state index contributed by atoms with van der Waals surface area (Å²) >= 11 is 0. The van der Waals surface area contributed by atoms with Gasteiger partial charge in [-0.3, -0.25) is 14.4 Å². The molecule has 3 rings (SSSR count). The molecule has 28 heavy (non-hydrogen) atoms. The first-order valence-corrected chi connectivity index (χ1v) is 9.52. The Morgan fingerprint density at radius 3 is 2.25 bits per heavy atom. The molecule has 2 heterocycles. The topological polar surface area (TPSA) is 79.0 Å². The van der Waals surface area contributed by atoms with Crippen molar-refractivity contribution in [3.8, 4) is 0 Å². The number of hydrogen-bond acceptors (Lipinski definition) is 3. The quantitative estimate of drug-likeness (QED) is 0.798. The summed E-state index contributed by atoms with van der Waals surface area (Å²) in [6.07, 6.45) is 3.20. The van der Waals surface area contributed by atoms with Gasteiger partial charge in [-0.1, -0.05) is 51.1 Å². The highest BCUT2D eigenvalue weighted by atomic mass is 16.2. The van der Waals surface area contributed by atoms with E-state index in [0.29, 0.717) is 12.1 Å². The summed E-state index contributed by atoms with van der Waals surface area (Å²) in [7, 11) is 0. The van der Waals surface area contributed by atoms with Gasteiger partial charge in [0.05, 0.1) is 5.56 Å². The van der Waals surface area contributed by atoms with E-state index in [0.717, 1.165) is 17.6 Å². The summed E-state index contributed by atoms with van der Waals surface area (Å²) in [6, 6.07) is 11.4. The van der Waals surface area contributed by atoms with Crippen LogP contribution >= 0.6 is 0 Å². The van der Waals surface area contributed by atoms with Gasteiger partial charge in [0.1, 0.15) is 0 Å². The summed E-state index contributed by atoms with van der Waals surface area (Å²) in [5, 5.41) is 2.94. The molecule has 2 aromatic rings. The predicted octanol–water partition coefficient (Wildman–Crippen LogP) is 3.59. The number of nitrogens with one attached hydrogen (secondary N) is 2. The van der Waals surface area contributed by atoms with Gasteiger partial charge in [-0.2, -0.15) is 0 Å². The van der Waals surface area contributed by atoms with Crippen molar-refractivity contribution in [1.82, 2.24) is 10.3 Å². The van der Waals surface area contributed by atoms with Gasteiger partial charge in [-0.05, 0) is 42.0 Å². The number of amides is 1. The van der Waals surface area contributed by atoms with E-state index in [4.69, 9.17) is 0 Å². The molecule has 1 fully saturated rings. The average molecular weight is 378 g/mol. The Labute approximate surface area is 164 Å². The summed E-state index contributed by atoms with van der Waals surface area (Å²) in [6.45, 7) is 7.85. The number of aromatic nitrogens is 1. The van der Waals surface area contributed by atoms with Crippen molar-refractivity contribution in [3.05, 3.63) is 75.2 Å². The van der Waals surface area contributed by atoms with Crippen molar-refractivity contribution < 1.29 is 9.59 Å². The number of Topliss-reactive ketones (excluding diaryl/α,β-unsaturated/α-hetero) is 1. The number of rotatable bonds is 4. The highest BCUT2D eigenvalue weighted by Gasteiger charge is 2.21. The Hall–Kier alpha value is -2.95. The number of benzene rings is 1. The Bertz CT molecular complexity index is 992. The molecule has 0 saturated carbocycles. The maximum Gasteiger partial charge on any atom is 0.259 e. The van der Waals surface area contributed by atoms with Gasteiger partial charge >= 0.3 is 0 Å². The summed E-state index contributed by atoms with van der Waals surface area (Å²) in [5.74, 6) is -0.236. The largest absolute Gasteiger partial charge is 0.350 e. The second kappa shape index (κ2) is 7.58. The lowest BCUT2D eigenvalue weighted by Gasteiger charge is -2.20. The van der Waals surface area contributed by atoms with Crippen LogP contribution < -0.4 is 10.9 Å². The summed E-state index contributed by atoms with van der Waals surface area (Å²) in [5.41, 5.74) is 3.39. The molecule has 0 aliphatic carbocycles. The number of H-pyrrole nitrogens is 1. The molecule has 0 unspecified atom stereocenters. The van der Waals surface area contributed by atoms with Crippen molar-refractivity contribution in [1.29, 1.82) is 0 Å². The number of carbonyl (C=O) groups is 2. The lowest BCUT2D eigenvalue weighted by atomic mass is 9.86. The lowest BCUT2D eigenvalue weighted by Crippen LogP contribution is -2.24. The van der Waals surface area contributed by atoms with Crippen LogP contribution in [0.4, 0.5) is 0 Å². The van der Waals surface area contributed by atoms with Crippen molar-refractivity contribution in [2.45, 2.75) is 52.0 Å². The molecule has 1 saturated heterocycles. The van der Waals surface area contributed by atoms with Gasteiger partial charge in [0.25, 0.3) is 5.56 Å². The monoisotopic (exact) mass is 378 g/mol. The fourth-order valence-electron chi connectivity index (χ4n) is 3.36. The number of hydrogen-bond donors (Lipinski definition) is 2. The van der Waals surface area contributed by atoms with E-state index in [1.807, 2.05) is 18.2 Å². The Morgan fingerprint density at radius 2 is 1.75 bits per heavy atom. The zero-order valence-electron chi connectivity index (χ0n) is 16.8. The molecule has 0 radical (unpaired) electrons. The molecule has 2 N–H and O–H groups in total. The molecule has 0 bridgehead atoms. The summed E-state index contributed by atoms with van der Waals surface area (Å²) < 4.78 is 0. The van der Waals surface area contributed by atoms with Gasteiger partial charge in [0.2, 0.25) is 5.91 Å². The highest BCUT2D eigenvalue weighted by Crippen LogP contribution is 2.28. The molecule has 1 amide bonds. The van der Waals surface area contributed by atoms with Gasteiger partial charge in [0, 0.05) is 23.7 Å². The molecule has 5 nitrogen and oxygen atoms in total. The number of carbonyl (C=O) groups excluding carboxylic acids is 2. The molecular weight excluding hydrogens is 352 g/mol. The van der Waals surface area contributed by atoms with Crippen LogP contribution in [0, 0.1) is 0 Å². The minimum atomic E-state index is -0.405. The second-order valence-electron chi connectivity index (χ2n) is 8.29. The summed E-state index contributed by atoms with van der Waals surface area (Å²) in [4.78, 5) is 38.3. The Kier molecular flexibility index (Phi) is 5.36. The Balaban J connectivity index is 2.07. The van der Waals surface area contributed by atoms with Crippen molar-refractivity contribution in [2.24, 2.45) is 0 Å². The molecule has 1 atom stereocenters. The minimum absolute atomic E-state index is 0.0316. The fourth-order valence-corrected chi connectivity index (χ4v) is 3.36. The zero-order chi connectivity index (χ0) is 20.5. The SMILES string of the molecule is CC(=O)c1ccc(/C(=C/[C@H]2CCC(=O)N2)c2ccc(C(C)(C)C)cc2)[nH]c1=O. The molecule has 1 aromatic carbocycles. The Morgan fingerprint density at radius 1 is 1.07 bits per heavy atom. The van der Waals surface area contributed by atoms with E-state index in [9.17, 15) is 14.4 Å². The predicted molar refractivity (Wildman–Crippen MR) is 110 cm³/mol. The molecule has 0 spiro atoms. The first kappa shape index (κ1) is 19.8. The molecule has 5 heteroatoms. The van der Waals surface area contributed by atoms with Crippen LogP contribution in [0.25, 0.3) is 5.57 Å².